The van der Waals surface area contributed by atoms with Crippen molar-refractivity contribution >= 4 is 16.8 Å². The van der Waals surface area contributed by atoms with Crippen molar-refractivity contribution in [2.45, 2.75) is 19.1 Å². The van der Waals surface area contributed by atoms with E-state index in [9.17, 15) is 9.90 Å². The van der Waals surface area contributed by atoms with Crippen LogP contribution in [0.4, 0.5) is 0 Å². The second-order valence-electron chi connectivity index (χ2n) is 8.70. The van der Waals surface area contributed by atoms with Crippen LogP contribution in [-0.4, -0.2) is 76.5 Å². The Morgan fingerprint density at radius 3 is 2.45 bits per heavy atom. The molecule has 0 aliphatic carbocycles. The highest BCUT2D eigenvalue weighted by atomic mass is 16.3. The molecule has 1 atom stereocenters. The highest BCUT2D eigenvalue weighted by Crippen LogP contribution is 2.27. The van der Waals surface area contributed by atoms with E-state index in [4.69, 9.17) is 0 Å². The SMILES string of the molecule is O=C(CN1CCN(CC(O)c2ccccc2)CC1)N1CCc2[nH]c3ccccc3c2C1. The van der Waals surface area contributed by atoms with Crippen molar-refractivity contribution in [2.75, 3.05) is 45.8 Å². The molecule has 31 heavy (non-hydrogen) atoms. The second kappa shape index (κ2) is 8.83. The number of carbonyl (C=O) groups excluding carboxylic acids is 1. The number of β-amino-alcohol motifs (C(OH)–C–C–N with tert-alkyl or cyclic N) is 1. The zero-order valence-corrected chi connectivity index (χ0v) is 17.8. The van der Waals surface area contributed by atoms with Gasteiger partial charge in [-0.1, -0.05) is 48.5 Å². The smallest absolute Gasteiger partial charge is 0.237 e. The van der Waals surface area contributed by atoms with Crippen molar-refractivity contribution < 1.29 is 9.90 Å². The van der Waals surface area contributed by atoms with Crippen LogP contribution < -0.4 is 0 Å². The lowest BCUT2D eigenvalue weighted by Gasteiger charge is -2.36. The molecule has 0 radical (unpaired) electrons. The van der Waals surface area contributed by atoms with Crippen LogP contribution in [0.1, 0.15) is 22.9 Å². The maximum Gasteiger partial charge on any atom is 0.237 e. The number of aliphatic hydroxyl groups is 1. The van der Waals surface area contributed by atoms with E-state index in [0.717, 1.165) is 50.2 Å². The number of nitrogens with zero attached hydrogens (tertiary/aromatic N) is 3. The van der Waals surface area contributed by atoms with Crippen LogP contribution in [0.5, 0.6) is 0 Å². The molecular formula is C25H30N4O2. The number of aromatic amines is 1. The molecule has 2 aliphatic heterocycles. The average molecular weight is 419 g/mol. The van der Waals surface area contributed by atoms with Gasteiger partial charge >= 0.3 is 0 Å². The van der Waals surface area contributed by atoms with Crippen LogP contribution in [0, 0.1) is 0 Å². The molecule has 162 valence electrons. The number of aliphatic hydroxyl groups excluding tert-OH is 1. The van der Waals surface area contributed by atoms with E-state index in [-0.39, 0.29) is 5.91 Å². The van der Waals surface area contributed by atoms with E-state index >= 15 is 0 Å². The fourth-order valence-corrected chi connectivity index (χ4v) is 4.83. The molecule has 0 spiro atoms. The van der Waals surface area contributed by atoms with Gasteiger partial charge in [0.2, 0.25) is 5.91 Å². The summed E-state index contributed by atoms with van der Waals surface area (Å²) in [4.78, 5) is 23.1. The first kappa shape index (κ1) is 20.2. The van der Waals surface area contributed by atoms with Gasteiger partial charge in [0.1, 0.15) is 0 Å². The molecule has 6 nitrogen and oxygen atoms in total. The summed E-state index contributed by atoms with van der Waals surface area (Å²) >= 11 is 0. The molecule has 1 aromatic heterocycles. The Bertz CT molecular complexity index is 1040. The van der Waals surface area contributed by atoms with Crippen molar-refractivity contribution in [2.24, 2.45) is 0 Å². The van der Waals surface area contributed by atoms with Gasteiger partial charge in [-0.05, 0) is 11.6 Å². The van der Waals surface area contributed by atoms with E-state index in [0.29, 0.717) is 19.6 Å². The van der Waals surface area contributed by atoms with Crippen LogP contribution in [0.3, 0.4) is 0 Å². The summed E-state index contributed by atoms with van der Waals surface area (Å²) in [5.41, 5.74) is 4.67. The summed E-state index contributed by atoms with van der Waals surface area (Å²) in [6, 6.07) is 18.2. The van der Waals surface area contributed by atoms with E-state index in [1.807, 2.05) is 41.3 Å². The minimum absolute atomic E-state index is 0.216. The minimum atomic E-state index is -0.465. The number of hydrogen-bond acceptors (Lipinski definition) is 4. The second-order valence-corrected chi connectivity index (χ2v) is 8.70. The third kappa shape index (κ3) is 4.37. The Kier molecular flexibility index (Phi) is 5.76. The van der Waals surface area contributed by atoms with Gasteiger partial charge in [0, 0.05) is 74.4 Å². The summed E-state index contributed by atoms with van der Waals surface area (Å²) in [5, 5.41) is 11.7. The fourth-order valence-electron chi connectivity index (χ4n) is 4.83. The molecule has 2 aromatic carbocycles. The highest BCUT2D eigenvalue weighted by Gasteiger charge is 2.27. The van der Waals surface area contributed by atoms with Gasteiger partial charge in [0.05, 0.1) is 12.6 Å². The van der Waals surface area contributed by atoms with Crippen molar-refractivity contribution in [1.82, 2.24) is 19.7 Å². The molecule has 2 N–H and O–H groups in total. The first-order valence-electron chi connectivity index (χ1n) is 11.2. The Labute approximate surface area is 183 Å². The quantitative estimate of drug-likeness (QED) is 0.668. The predicted molar refractivity (Wildman–Crippen MR) is 122 cm³/mol. The normalized spacial score (nSPS) is 18.8. The molecule has 0 bridgehead atoms. The Morgan fingerprint density at radius 1 is 0.935 bits per heavy atom. The van der Waals surface area contributed by atoms with Crippen LogP contribution in [0.2, 0.25) is 0 Å². The summed E-state index contributed by atoms with van der Waals surface area (Å²) < 4.78 is 0. The lowest BCUT2D eigenvalue weighted by atomic mass is 10.0. The van der Waals surface area contributed by atoms with E-state index in [1.165, 1.54) is 16.6 Å². The number of benzene rings is 2. The van der Waals surface area contributed by atoms with Gasteiger partial charge in [0.15, 0.2) is 0 Å². The minimum Gasteiger partial charge on any atom is -0.387 e. The van der Waals surface area contributed by atoms with Crippen LogP contribution in [0.25, 0.3) is 10.9 Å². The van der Waals surface area contributed by atoms with Gasteiger partial charge in [-0.2, -0.15) is 0 Å². The number of piperazine rings is 1. The molecule has 1 fully saturated rings. The molecule has 6 heteroatoms. The van der Waals surface area contributed by atoms with Crippen LogP contribution >= 0.6 is 0 Å². The van der Waals surface area contributed by atoms with Gasteiger partial charge < -0.3 is 15.0 Å². The van der Waals surface area contributed by atoms with Crippen molar-refractivity contribution in [3.8, 4) is 0 Å². The molecule has 3 aromatic rings. The van der Waals surface area contributed by atoms with Crippen LogP contribution in [-0.2, 0) is 17.8 Å². The molecule has 2 aliphatic rings. The highest BCUT2D eigenvalue weighted by molar-refractivity contribution is 5.86. The van der Waals surface area contributed by atoms with E-state index < -0.39 is 6.10 Å². The first-order chi connectivity index (χ1) is 15.2. The Morgan fingerprint density at radius 2 is 1.65 bits per heavy atom. The van der Waals surface area contributed by atoms with Gasteiger partial charge in [-0.15, -0.1) is 0 Å². The first-order valence-corrected chi connectivity index (χ1v) is 11.2. The maximum atomic E-state index is 13.0. The predicted octanol–water partition coefficient (Wildman–Crippen LogP) is 2.40. The van der Waals surface area contributed by atoms with Gasteiger partial charge in [-0.25, -0.2) is 0 Å². The average Bonchev–Trinajstić information content (AvgIpc) is 3.19. The number of rotatable bonds is 5. The van der Waals surface area contributed by atoms with Crippen LogP contribution in [0.15, 0.2) is 54.6 Å². The number of hydrogen-bond donors (Lipinski definition) is 2. The van der Waals surface area contributed by atoms with E-state index in [2.05, 4.69) is 33.0 Å². The number of H-pyrrole nitrogens is 1. The topological polar surface area (TPSA) is 62.8 Å². The Balaban J connectivity index is 1.13. The molecule has 5 rings (SSSR count). The summed E-state index contributed by atoms with van der Waals surface area (Å²) in [6.45, 7) is 6.07. The zero-order valence-electron chi connectivity index (χ0n) is 17.8. The van der Waals surface area contributed by atoms with Crippen molar-refractivity contribution in [3.05, 3.63) is 71.4 Å². The lowest BCUT2D eigenvalue weighted by molar-refractivity contribution is -0.133. The van der Waals surface area contributed by atoms with Crippen molar-refractivity contribution in [3.63, 3.8) is 0 Å². The maximum absolute atomic E-state index is 13.0. The summed E-state index contributed by atoms with van der Waals surface area (Å²) in [6.07, 6.45) is 0.425. The molecule has 3 heterocycles. The van der Waals surface area contributed by atoms with Gasteiger partial charge in [-0.3, -0.25) is 14.6 Å². The number of aromatic nitrogens is 1. The monoisotopic (exact) mass is 418 g/mol. The standard InChI is InChI=1S/C25H30N4O2/c30-24(19-6-2-1-3-7-19)17-27-12-14-28(15-13-27)18-25(31)29-11-10-23-21(16-29)20-8-4-5-9-22(20)26-23/h1-9,24,26,30H,10-18H2. The molecule has 0 saturated carbocycles. The third-order valence-electron chi connectivity index (χ3n) is 6.67. The number of nitrogens with one attached hydrogen (secondary N) is 1. The van der Waals surface area contributed by atoms with E-state index in [1.54, 1.807) is 0 Å². The Hall–Kier alpha value is -2.67. The molecule has 1 unspecified atom stereocenters. The largest absolute Gasteiger partial charge is 0.387 e. The van der Waals surface area contributed by atoms with Gasteiger partial charge in [0.25, 0.3) is 0 Å². The number of carbonyl (C=O) groups is 1. The zero-order chi connectivity index (χ0) is 21.2. The fraction of sp³-hybridized carbons (Fsp3) is 0.400. The molecule has 1 amide bonds. The number of fused-ring (bicyclic) bond motifs is 3. The molecular weight excluding hydrogens is 388 g/mol. The lowest BCUT2D eigenvalue weighted by Crippen LogP contribution is -2.51. The summed E-state index contributed by atoms with van der Waals surface area (Å²) in [5.74, 6) is 0.216. The number of para-hydroxylation sites is 1. The molecule has 1 saturated heterocycles. The third-order valence-corrected chi connectivity index (χ3v) is 6.67. The summed E-state index contributed by atoms with van der Waals surface area (Å²) in [7, 11) is 0. The number of amides is 1. The van der Waals surface area contributed by atoms with Crippen molar-refractivity contribution in [1.29, 1.82) is 0 Å².